The number of imide groups is 2. The number of carbonyl (C=O) groups is 6. The number of aliphatic hydroxyl groups is 2. The molecule has 0 aliphatic carbocycles. The van der Waals surface area contributed by atoms with E-state index >= 15 is 0 Å². The van der Waals surface area contributed by atoms with Crippen molar-refractivity contribution in [2.24, 2.45) is 0 Å². The zero-order chi connectivity index (χ0) is 20.1. The van der Waals surface area contributed by atoms with Crippen LogP contribution in [0.25, 0.3) is 0 Å². The van der Waals surface area contributed by atoms with E-state index in [0.717, 1.165) is 0 Å². The van der Waals surface area contributed by atoms with Crippen LogP contribution < -0.4 is 31.9 Å². The molecule has 2 atom stereocenters. The first-order chi connectivity index (χ1) is 12.8. The third kappa shape index (κ3) is 4.30. The predicted molar refractivity (Wildman–Crippen MR) is 80.7 cm³/mol. The molecule has 16 heteroatoms. The van der Waals surface area contributed by atoms with Crippen molar-refractivity contribution in [1.29, 1.82) is 0 Å². The highest BCUT2D eigenvalue weighted by atomic mass is 16.3. The van der Waals surface area contributed by atoms with Crippen LogP contribution in [0.1, 0.15) is 0 Å². The van der Waals surface area contributed by atoms with E-state index in [1.165, 1.54) is 0 Å². The summed E-state index contributed by atoms with van der Waals surface area (Å²) in [5.74, 6) is -1.70. The van der Waals surface area contributed by atoms with Gasteiger partial charge in [-0.15, -0.1) is 0 Å². The van der Waals surface area contributed by atoms with Gasteiger partial charge in [0, 0.05) is 0 Å². The Kier molecular flexibility index (Phi) is 5.93. The van der Waals surface area contributed by atoms with Crippen molar-refractivity contribution < 1.29 is 39.0 Å². The van der Waals surface area contributed by atoms with Crippen LogP contribution in [0.5, 0.6) is 0 Å². The number of rotatable bonds is 6. The second kappa shape index (κ2) is 8.15. The van der Waals surface area contributed by atoms with Gasteiger partial charge in [0.25, 0.3) is 11.8 Å². The third-order valence-corrected chi connectivity index (χ3v) is 3.44. The number of nitrogens with one attached hydrogen (secondary N) is 6. The predicted octanol–water partition coefficient (Wildman–Crippen LogP) is -4.80. The number of hydrogen-bond acceptors (Lipinski definition) is 8. The molecule has 148 valence electrons. The number of carbonyl (C=O) groups excluding carboxylic acids is 6. The van der Waals surface area contributed by atoms with Crippen LogP contribution in [0.3, 0.4) is 0 Å². The fraction of sp³-hybridized carbons (Fsp3) is 0.455. The fourth-order valence-electron chi connectivity index (χ4n) is 2.14. The first kappa shape index (κ1) is 19.7. The number of amides is 10. The Morgan fingerprint density at radius 3 is 1.52 bits per heavy atom. The first-order valence-corrected chi connectivity index (χ1v) is 7.32. The zero-order valence-corrected chi connectivity index (χ0v) is 13.5. The zero-order valence-electron chi connectivity index (χ0n) is 13.5. The number of hydrogen-bond donors (Lipinski definition) is 8. The van der Waals surface area contributed by atoms with E-state index < -0.39 is 68.4 Å². The molecule has 0 bridgehead atoms. The highest BCUT2D eigenvalue weighted by Crippen LogP contribution is 2.05. The Balaban J connectivity index is 1.75. The van der Waals surface area contributed by atoms with Crippen LogP contribution in [0.4, 0.5) is 19.2 Å². The summed E-state index contributed by atoms with van der Waals surface area (Å²) in [6.07, 6.45) is -2.86. The molecule has 0 saturated carbocycles. The Bertz CT molecular complexity index is 627. The summed E-state index contributed by atoms with van der Waals surface area (Å²) in [6.45, 7) is -2.08. The minimum atomic E-state index is -1.43. The maximum absolute atomic E-state index is 11.7. The Morgan fingerprint density at radius 1 is 0.815 bits per heavy atom. The summed E-state index contributed by atoms with van der Waals surface area (Å²) in [4.78, 5) is 70.2. The van der Waals surface area contributed by atoms with Gasteiger partial charge in [-0.3, -0.25) is 30.0 Å². The fourth-order valence-corrected chi connectivity index (χ4v) is 2.14. The van der Waals surface area contributed by atoms with Crippen molar-refractivity contribution in [2.75, 3.05) is 20.1 Å². The SMILES string of the molecule is O=C(NCNC(=O)N[C@H]1C(=O)NC(=O)N1CO)N[C@@H]1C(=O)NC(=O)N1CO. The highest BCUT2D eigenvalue weighted by Gasteiger charge is 2.40. The van der Waals surface area contributed by atoms with Gasteiger partial charge < -0.3 is 31.5 Å². The Morgan fingerprint density at radius 2 is 1.19 bits per heavy atom. The maximum atomic E-state index is 11.7. The molecule has 10 amide bonds. The quantitative estimate of drug-likeness (QED) is 0.162. The average Bonchev–Trinajstić information content (AvgIpc) is 3.02. The summed E-state index contributed by atoms with van der Waals surface area (Å²) in [5.41, 5.74) is 0. The van der Waals surface area contributed by atoms with Crippen LogP contribution >= 0.6 is 0 Å². The largest absolute Gasteiger partial charge is 0.376 e. The lowest BCUT2D eigenvalue weighted by atomic mass is 10.4. The van der Waals surface area contributed by atoms with E-state index in [-0.39, 0.29) is 0 Å². The monoisotopic (exact) mass is 388 g/mol. The van der Waals surface area contributed by atoms with Gasteiger partial charge in [0.05, 0.1) is 6.67 Å². The smallest absolute Gasteiger partial charge is 0.328 e. The lowest BCUT2D eigenvalue weighted by Gasteiger charge is -2.21. The maximum Gasteiger partial charge on any atom is 0.328 e. The molecule has 2 fully saturated rings. The van der Waals surface area contributed by atoms with Crippen molar-refractivity contribution in [3.63, 3.8) is 0 Å². The van der Waals surface area contributed by atoms with Gasteiger partial charge in [-0.1, -0.05) is 0 Å². The topological polar surface area (TPSA) is 222 Å². The molecule has 0 spiro atoms. The van der Waals surface area contributed by atoms with E-state index in [1.54, 1.807) is 0 Å². The lowest BCUT2D eigenvalue weighted by molar-refractivity contribution is -0.123. The molecule has 0 aromatic rings. The van der Waals surface area contributed by atoms with Gasteiger partial charge >= 0.3 is 24.1 Å². The molecule has 0 radical (unpaired) electrons. The average molecular weight is 388 g/mol. The molecule has 8 N–H and O–H groups in total. The number of urea groups is 4. The minimum Gasteiger partial charge on any atom is -0.376 e. The molecule has 2 saturated heterocycles. The second-order valence-electron chi connectivity index (χ2n) is 5.09. The van der Waals surface area contributed by atoms with Crippen molar-refractivity contribution in [3.8, 4) is 0 Å². The summed E-state index contributed by atoms with van der Waals surface area (Å²) >= 11 is 0. The second-order valence-corrected chi connectivity index (χ2v) is 5.09. The third-order valence-electron chi connectivity index (χ3n) is 3.44. The molecule has 0 unspecified atom stereocenters. The number of nitrogens with zero attached hydrogens (tertiary/aromatic N) is 2. The van der Waals surface area contributed by atoms with Crippen molar-refractivity contribution in [2.45, 2.75) is 12.3 Å². The molecule has 27 heavy (non-hydrogen) atoms. The van der Waals surface area contributed by atoms with E-state index in [0.29, 0.717) is 9.80 Å². The van der Waals surface area contributed by atoms with Crippen molar-refractivity contribution >= 4 is 35.9 Å². The summed E-state index contributed by atoms with van der Waals surface area (Å²) in [5, 5.41) is 30.2. The van der Waals surface area contributed by atoms with Crippen LogP contribution in [-0.4, -0.2) is 88.4 Å². The molecular weight excluding hydrogens is 372 g/mol. The summed E-state index contributed by atoms with van der Waals surface area (Å²) < 4.78 is 0. The molecule has 2 rings (SSSR count). The van der Waals surface area contributed by atoms with Crippen LogP contribution in [-0.2, 0) is 9.59 Å². The van der Waals surface area contributed by atoms with E-state index in [9.17, 15) is 28.8 Å². The van der Waals surface area contributed by atoms with Gasteiger partial charge in [-0.2, -0.15) is 0 Å². The Hall–Kier alpha value is -3.66. The molecule has 0 aromatic heterocycles. The van der Waals surface area contributed by atoms with Crippen LogP contribution in [0.15, 0.2) is 0 Å². The molecule has 2 heterocycles. The lowest BCUT2D eigenvalue weighted by Crippen LogP contribution is -2.56. The first-order valence-electron chi connectivity index (χ1n) is 7.32. The summed E-state index contributed by atoms with van der Waals surface area (Å²) in [7, 11) is 0. The van der Waals surface area contributed by atoms with E-state index in [1.807, 2.05) is 10.6 Å². The van der Waals surface area contributed by atoms with E-state index in [4.69, 9.17) is 10.2 Å². The van der Waals surface area contributed by atoms with Crippen LogP contribution in [0.2, 0.25) is 0 Å². The molecule has 16 nitrogen and oxygen atoms in total. The van der Waals surface area contributed by atoms with Gasteiger partial charge in [-0.05, 0) is 0 Å². The highest BCUT2D eigenvalue weighted by molar-refractivity contribution is 6.05. The van der Waals surface area contributed by atoms with E-state index in [2.05, 4.69) is 21.3 Å². The van der Waals surface area contributed by atoms with Crippen molar-refractivity contribution in [3.05, 3.63) is 0 Å². The molecule has 2 aliphatic rings. The number of aliphatic hydroxyl groups excluding tert-OH is 2. The normalized spacial score (nSPS) is 21.7. The summed E-state index contributed by atoms with van der Waals surface area (Å²) in [6, 6.07) is -3.67. The van der Waals surface area contributed by atoms with Gasteiger partial charge in [0.2, 0.25) is 0 Å². The molecule has 0 aromatic carbocycles. The Labute approximate surface area is 150 Å². The minimum absolute atomic E-state index is 0.458. The van der Waals surface area contributed by atoms with Crippen LogP contribution in [0, 0.1) is 0 Å². The molecular formula is C11H16N8O8. The van der Waals surface area contributed by atoms with Gasteiger partial charge in [0.15, 0.2) is 12.3 Å². The van der Waals surface area contributed by atoms with Gasteiger partial charge in [0.1, 0.15) is 13.5 Å². The van der Waals surface area contributed by atoms with Crippen molar-refractivity contribution in [1.82, 2.24) is 41.7 Å². The molecule has 2 aliphatic heterocycles. The van der Waals surface area contributed by atoms with Gasteiger partial charge in [-0.25, -0.2) is 19.2 Å². The standard InChI is InChI=1S/C11H16N8O8/c20-2-18-4(6(22)16-10(18)26)14-8(24)12-1-13-9(25)15-5-7(23)17-11(27)19(5)3-21/h4-5,20-21H,1-3H2,(H2,12,14,24)(H2,13,15,25)(H,16,22,26)(H,17,23,27)/t4-,5+.